The standard InChI is InChI=1S/C16H28N2S/c1-4-17-16-9-5-7-14(16)11-18(13(2)3)12-15-8-6-10-19-15/h6,8,10,13-14,16-17H,4-5,7,9,11-12H2,1-3H3. The van der Waals surface area contributed by atoms with Gasteiger partial charge in [0.15, 0.2) is 0 Å². The Morgan fingerprint density at radius 1 is 1.42 bits per heavy atom. The summed E-state index contributed by atoms with van der Waals surface area (Å²) in [6.07, 6.45) is 4.15. The molecule has 1 aliphatic carbocycles. The van der Waals surface area contributed by atoms with Gasteiger partial charge >= 0.3 is 0 Å². The van der Waals surface area contributed by atoms with Crippen LogP contribution in [0.5, 0.6) is 0 Å². The summed E-state index contributed by atoms with van der Waals surface area (Å²) in [6, 6.07) is 5.80. The van der Waals surface area contributed by atoms with Crippen molar-refractivity contribution >= 4 is 11.3 Å². The molecule has 1 aliphatic rings. The maximum absolute atomic E-state index is 3.67. The molecule has 1 aromatic rings. The summed E-state index contributed by atoms with van der Waals surface area (Å²) in [4.78, 5) is 4.14. The number of hydrogen-bond donors (Lipinski definition) is 1. The zero-order valence-corrected chi connectivity index (χ0v) is 13.4. The van der Waals surface area contributed by atoms with Crippen LogP contribution in [0.4, 0.5) is 0 Å². The van der Waals surface area contributed by atoms with Crippen LogP contribution in [-0.2, 0) is 6.54 Å². The normalized spacial score (nSPS) is 23.6. The highest BCUT2D eigenvalue weighted by molar-refractivity contribution is 7.09. The van der Waals surface area contributed by atoms with E-state index in [1.807, 2.05) is 11.3 Å². The van der Waals surface area contributed by atoms with Gasteiger partial charge in [0.25, 0.3) is 0 Å². The van der Waals surface area contributed by atoms with Crippen LogP contribution in [0, 0.1) is 5.92 Å². The first-order valence-electron chi connectivity index (χ1n) is 7.70. The smallest absolute Gasteiger partial charge is 0.0330 e. The zero-order chi connectivity index (χ0) is 13.7. The minimum Gasteiger partial charge on any atom is -0.314 e. The molecule has 1 heterocycles. The molecular formula is C16H28N2S. The molecule has 0 aromatic carbocycles. The second-order valence-corrected chi connectivity index (χ2v) is 6.99. The maximum Gasteiger partial charge on any atom is 0.0330 e. The van der Waals surface area contributed by atoms with Gasteiger partial charge in [0, 0.05) is 30.1 Å². The van der Waals surface area contributed by atoms with Crippen LogP contribution in [0.15, 0.2) is 17.5 Å². The van der Waals surface area contributed by atoms with Gasteiger partial charge in [-0.3, -0.25) is 4.90 Å². The van der Waals surface area contributed by atoms with E-state index in [9.17, 15) is 0 Å². The summed E-state index contributed by atoms with van der Waals surface area (Å²) in [5, 5.41) is 5.86. The van der Waals surface area contributed by atoms with Crippen LogP contribution in [0.2, 0.25) is 0 Å². The molecule has 0 saturated heterocycles. The van der Waals surface area contributed by atoms with Gasteiger partial charge in [-0.1, -0.05) is 19.4 Å². The predicted octanol–water partition coefficient (Wildman–Crippen LogP) is 3.74. The van der Waals surface area contributed by atoms with Crippen LogP contribution in [0.25, 0.3) is 0 Å². The Hall–Kier alpha value is -0.380. The van der Waals surface area contributed by atoms with E-state index in [1.165, 1.54) is 30.7 Å². The van der Waals surface area contributed by atoms with Gasteiger partial charge in [0.05, 0.1) is 0 Å². The van der Waals surface area contributed by atoms with Crippen LogP contribution in [-0.4, -0.2) is 30.1 Å². The van der Waals surface area contributed by atoms with Crippen molar-refractivity contribution in [3.8, 4) is 0 Å². The quantitative estimate of drug-likeness (QED) is 0.818. The van der Waals surface area contributed by atoms with E-state index in [2.05, 4.69) is 48.5 Å². The maximum atomic E-state index is 3.67. The molecule has 1 aromatic heterocycles. The third kappa shape index (κ3) is 4.30. The predicted molar refractivity (Wildman–Crippen MR) is 84.7 cm³/mol. The number of hydrogen-bond acceptors (Lipinski definition) is 3. The van der Waals surface area contributed by atoms with Gasteiger partial charge in [-0.25, -0.2) is 0 Å². The topological polar surface area (TPSA) is 15.3 Å². The fraction of sp³-hybridized carbons (Fsp3) is 0.750. The molecule has 2 unspecified atom stereocenters. The third-order valence-electron chi connectivity index (χ3n) is 4.26. The van der Waals surface area contributed by atoms with Crippen molar-refractivity contribution in [1.29, 1.82) is 0 Å². The summed E-state index contributed by atoms with van der Waals surface area (Å²) >= 11 is 1.88. The molecule has 19 heavy (non-hydrogen) atoms. The van der Waals surface area contributed by atoms with E-state index >= 15 is 0 Å². The van der Waals surface area contributed by atoms with Gasteiger partial charge < -0.3 is 5.32 Å². The zero-order valence-electron chi connectivity index (χ0n) is 12.6. The van der Waals surface area contributed by atoms with Crippen molar-refractivity contribution in [3.05, 3.63) is 22.4 Å². The largest absolute Gasteiger partial charge is 0.314 e. The minimum atomic E-state index is 0.630. The molecule has 0 radical (unpaired) electrons. The molecule has 3 heteroatoms. The Morgan fingerprint density at radius 3 is 2.89 bits per heavy atom. The van der Waals surface area contributed by atoms with E-state index < -0.39 is 0 Å². The lowest BCUT2D eigenvalue weighted by atomic mass is 10.0. The van der Waals surface area contributed by atoms with E-state index in [-0.39, 0.29) is 0 Å². The molecule has 0 aliphatic heterocycles. The lowest BCUT2D eigenvalue weighted by molar-refractivity contribution is 0.169. The second-order valence-electron chi connectivity index (χ2n) is 5.96. The first-order valence-corrected chi connectivity index (χ1v) is 8.58. The SMILES string of the molecule is CCNC1CCCC1CN(Cc1cccs1)C(C)C. The van der Waals surface area contributed by atoms with Gasteiger partial charge in [-0.15, -0.1) is 11.3 Å². The molecule has 108 valence electrons. The molecule has 1 N–H and O–H groups in total. The Kier molecular flexibility index (Phi) is 5.86. The Bertz CT molecular complexity index is 348. The highest BCUT2D eigenvalue weighted by Gasteiger charge is 2.28. The van der Waals surface area contributed by atoms with Crippen molar-refractivity contribution in [2.24, 2.45) is 5.92 Å². The summed E-state index contributed by atoms with van der Waals surface area (Å²) in [5.41, 5.74) is 0. The molecular weight excluding hydrogens is 252 g/mol. The first-order chi connectivity index (χ1) is 9.20. The van der Waals surface area contributed by atoms with Crippen molar-refractivity contribution < 1.29 is 0 Å². The van der Waals surface area contributed by atoms with Crippen molar-refractivity contribution in [1.82, 2.24) is 10.2 Å². The Labute approximate surface area is 122 Å². The fourth-order valence-corrected chi connectivity index (χ4v) is 3.88. The highest BCUT2D eigenvalue weighted by Crippen LogP contribution is 2.28. The van der Waals surface area contributed by atoms with Crippen molar-refractivity contribution in [3.63, 3.8) is 0 Å². The molecule has 2 atom stereocenters. The van der Waals surface area contributed by atoms with Crippen molar-refractivity contribution in [2.75, 3.05) is 13.1 Å². The van der Waals surface area contributed by atoms with E-state index in [0.29, 0.717) is 6.04 Å². The van der Waals surface area contributed by atoms with Gasteiger partial charge in [0.2, 0.25) is 0 Å². The monoisotopic (exact) mass is 280 g/mol. The van der Waals surface area contributed by atoms with Crippen LogP contribution >= 0.6 is 11.3 Å². The van der Waals surface area contributed by atoms with E-state index in [4.69, 9.17) is 0 Å². The lowest BCUT2D eigenvalue weighted by Gasteiger charge is -2.31. The summed E-state index contributed by atoms with van der Waals surface area (Å²) in [7, 11) is 0. The van der Waals surface area contributed by atoms with Crippen LogP contribution in [0.1, 0.15) is 44.9 Å². The van der Waals surface area contributed by atoms with E-state index in [1.54, 1.807) is 0 Å². The number of rotatable bonds is 7. The molecule has 0 bridgehead atoms. The first kappa shape index (κ1) is 15.0. The van der Waals surface area contributed by atoms with Crippen molar-refractivity contribution in [2.45, 2.75) is 58.7 Å². The average molecular weight is 280 g/mol. The van der Waals surface area contributed by atoms with Crippen LogP contribution in [0.3, 0.4) is 0 Å². The van der Waals surface area contributed by atoms with E-state index in [0.717, 1.165) is 25.0 Å². The Morgan fingerprint density at radius 2 is 2.26 bits per heavy atom. The summed E-state index contributed by atoms with van der Waals surface area (Å²) in [5.74, 6) is 0.835. The summed E-state index contributed by atoms with van der Waals surface area (Å²) < 4.78 is 0. The molecule has 1 fully saturated rings. The molecule has 1 saturated carbocycles. The van der Waals surface area contributed by atoms with Gasteiger partial charge in [-0.05, 0) is 50.6 Å². The molecule has 0 spiro atoms. The Balaban J connectivity index is 1.92. The number of nitrogens with one attached hydrogen (secondary N) is 1. The van der Waals surface area contributed by atoms with Gasteiger partial charge in [0.1, 0.15) is 0 Å². The lowest BCUT2D eigenvalue weighted by Crippen LogP contribution is -2.41. The third-order valence-corrected chi connectivity index (χ3v) is 5.12. The average Bonchev–Trinajstić information content (AvgIpc) is 3.01. The fourth-order valence-electron chi connectivity index (χ4n) is 3.15. The van der Waals surface area contributed by atoms with Gasteiger partial charge in [-0.2, -0.15) is 0 Å². The molecule has 0 amide bonds. The second kappa shape index (κ2) is 7.41. The number of nitrogens with zero attached hydrogens (tertiary/aromatic N) is 1. The molecule has 2 nitrogen and oxygen atoms in total. The van der Waals surface area contributed by atoms with Crippen LogP contribution < -0.4 is 5.32 Å². The minimum absolute atomic E-state index is 0.630. The number of thiophene rings is 1. The summed E-state index contributed by atoms with van der Waals surface area (Å²) in [6.45, 7) is 10.3. The molecule has 2 rings (SSSR count). The highest BCUT2D eigenvalue weighted by atomic mass is 32.1.